The molecule has 0 unspecified atom stereocenters. The van der Waals surface area contributed by atoms with E-state index >= 15 is 0 Å². The van der Waals surface area contributed by atoms with E-state index in [0.717, 1.165) is 45.6 Å². The van der Waals surface area contributed by atoms with Crippen LogP contribution in [0.3, 0.4) is 0 Å². The van der Waals surface area contributed by atoms with Crippen LogP contribution in [0.5, 0.6) is 0 Å². The van der Waals surface area contributed by atoms with Gasteiger partial charge in [-0.1, -0.05) is 13.8 Å². The van der Waals surface area contributed by atoms with Gasteiger partial charge in [0.25, 0.3) is 0 Å². The van der Waals surface area contributed by atoms with E-state index in [0.29, 0.717) is 12.0 Å². The molecule has 1 saturated heterocycles. The van der Waals surface area contributed by atoms with E-state index in [1.807, 2.05) is 11.3 Å². The molecule has 0 aliphatic carbocycles. The third-order valence-electron chi connectivity index (χ3n) is 3.83. The van der Waals surface area contributed by atoms with Crippen molar-refractivity contribution in [2.45, 2.75) is 53.2 Å². The molecule has 1 aliphatic heterocycles. The number of nitrogens with zero attached hydrogens (tertiary/aromatic N) is 2. The van der Waals surface area contributed by atoms with Crippen molar-refractivity contribution in [2.75, 3.05) is 31.1 Å². The molecule has 2 heterocycles. The second-order valence-electron chi connectivity index (χ2n) is 6.17. The maximum atomic E-state index is 5.72. The van der Waals surface area contributed by atoms with Gasteiger partial charge in [0, 0.05) is 31.1 Å². The van der Waals surface area contributed by atoms with Crippen LogP contribution in [-0.4, -0.2) is 37.3 Å². The number of ether oxygens (including phenoxy) is 1. The lowest BCUT2D eigenvalue weighted by molar-refractivity contribution is 0.0459. The van der Waals surface area contributed by atoms with Gasteiger partial charge in [0.05, 0.1) is 11.8 Å². The second-order valence-corrected chi connectivity index (χ2v) is 7.23. The molecule has 0 amide bonds. The number of anilines is 1. The maximum Gasteiger partial charge on any atom is 0.185 e. The molecule has 2 rings (SSSR count). The molecule has 1 aromatic rings. The maximum absolute atomic E-state index is 5.72. The minimum Gasteiger partial charge on any atom is -0.378 e. The first kappa shape index (κ1) is 16.7. The normalized spacial score (nSPS) is 16.9. The van der Waals surface area contributed by atoms with Gasteiger partial charge in [0.1, 0.15) is 0 Å². The predicted octanol–water partition coefficient (Wildman–Crippen LogP) is 3.20. The van der Waals surface area contributed by atoms with Gasteiger partial charge in [-0.15, -0.1) is 11.3 Å². The summed E-state index contributed by atoms with van der Waals surface area (Å²) in [6, 6.07) is 0. The molecule has 5 heteroatoms. The molecule has 0 atom stereocenters. The average molecular weight is 311 g/mol. The minimum atomic E-state index is 0.444. The zero-order valence-corrected chi connectivity index (χ0v) is 14.6. The smallest absolute Gasteiger partial charge is 0.185 e. The number of rotatable bonds is 7. The number of piperidine rings is 1. The summed E-state index contributed by atoms with van der Waals surface area (Å²) in [5.41, 5.74) is 1.18. The van der Waals surface area contributed by atoms with Crippen molar-refractivity contribution in [1.29, 1.82) is 0 Å². The van der Waals surface area contributed by atoms with Crippen molar-refractivity contribution in [2.24, 2.45) is 5.92 Å². The number of aromatic nitrogens is 1. The number of nitrogens with one attached hydrogen (secondary N) is 1. The van der Waals surface area contributed by atoms with Crippen LogP contribution in [0.2, 0.25) is 0 Å². The monoisotopic (exact) mass is 311 g/mol. The van der Waals surface area contributed by atoms with Crippen molar-refractivity contribution in [1.82, 2.24) is 10.3 Å². The van der Waals surface area contributed by atoms with E-state index < -0.39 is 0 Å². The van der Waals surface area contributed by atoms with Crippen LogP contribution in [0, 0.1) is 12.8 Å². The van der Waals surface area contributed by atoms with Crippen LogP contribution in [0.15, 0.2) is 0 Å². The topological polar surface area (TPSA) is 37.4 Å². The van der Waals surface area contributed by atoms with Crippen LogP contribution in [0.25, 0.3) is 0 Å². The Morgan fingerprint density at radius 1 is 1.38 bits per heavy atom. The molecular weight excluding hydrogens is 282 g/mol. The zero-order chi connectivity index (χ0) is 15.2. The molecule has 120 valence electrons. The molecule has 1 fully saturated rings. The Kier molecular flexibility index (Phi) is 6.45. The zero-order valence-electron chi connectivity index (χ0n) is 13.8. The lowest BCUT2D eigenvalue weighted by atomic mass is 10.1. The van der Waals surface area contributed by atoms with E-state index in [2.05, 4.69) is 37.9 Å². The van der Waals surface area contributed by atoms with Crippen LogP contribution < -0.4 is 10.2 Å². The van der Waals surface area contributed by atoms with Crippen LogP contribution >= 0.6 is 11.3 Å². The van der Waals surface area contributed by atoms with Gasteiger partial charge in [0.15, 0.2) is 5.13 Å². The summed E-state index contributed by atoms with van der Waals surface area (Å²) in [5, 5.41) is 4.70. The van der Waals surface area contributed by atoms with Gasteiger partial charge in [-0.3, -0.25) is 0 Å². The Balaban J connectivity index is 1.87. The fourth-order valence-electron chi connectivity index (χ4n) is 2.64. The Labute approximate surface area is 132 Å². The fraction of sp³-hybridized carbons (Fsp3) is 0.812. The van der Waals surface area contributed by atoms with Crippen LogP contribution in [0.1, 0.15) is 44.2 Å². The fourth-order valence-corrected chi connectivity index (χ4v) is 3.72. The van der Waals surface area contributed by atoms with Crippen molar-refractivity contribution in [3.63, 3.8) is 0 Å². The summed E-state index contributed by atoms with van der Waals surface area (Å²) in [6.45, 7) is 13.6. The van der Waals surface area contributed by atoms with Gasteiger partial charge >= 0.3 is 0 Å². The van der Waals surface area contributed by atoms with E-state index in [-0.39, 0.29) is 0 Å². The first-order valence-electron chi connectivity index (χ1n) is 8.13. The number of aryl methyl sites for hydroxylation is 1. The lowest BCUT2D eigenvalue weighted by Crippen LogP contribution is -2.37. The molecule has 1 N–H and O–H groups in total. The van der Waals surface area contributed by atoms with Gasteiger partial charge in [0.2, 0.25) is 0 Å². The van der Waals surface area contributed by atoms with E-state index in [9.17, 15) is 0 Å². The third-order valence-corrected chi connectivity index (χ3v) is 5.05. The average Bonchev–Trinajstić information content (AvgIpc) is 2.81. The second kappa shape index (κ2) is 8.11. The highest BCUT2D eigenvalue weighted by atomic mass is 32.1. The predicted molar refractivity (Wildman–Crippen MR) is 90.3 cm³/mol. The summed E-state index contributed by atoms with van der Waals surface area (Å²) >= 11 is 1.84. The Hall–Kier alpha value is -0.650. The van der Waals surface area contributed by atoms with Crippen molar-refractivity contribution >= 4 is 16.5 Å². The van der Waals surface area contributed by atoms with Crippen molar-refractivity contribution in [3.05, 3.63) is 10.6 Å². The van der Waals surface area contributed by atoms with Crippen molar-refractivity contribution < 1.29 is 4.74 Å². The molecular formula is C16H29N3OS. The minimum absolute atomic E-state index is 0.444. The summed E-state index contributed by atoms with van der Waals surface area (Å²) < 4.78 is 5.72. The molecule has 1 aromatic heterocycles. The summed E-state index contributed by atoms with van der Waals surface area (Å²) in [4.78, 5) is 8.56. The SMILES string of the molecule is CCOC1CCN(c2nc(C)c(CNCC(C)C)s2)CC1. The lowest BCUT2D eigenvalue weighted by Gasteiger charge is -2.31. The molecule has 0 saturated carbocycles. The Morgan fingerprint density at radius 2 is 2.10 bits per heavy atom. The Bertz CT molecular complexity index is 425. The molecule has 0 spiro atoms. The van der Waals surface area contributed by atoms with E-state index in [4.69, 9.17) is 9.72 Å². The summed E-state index contributed by atoms with van der Waals surface area (Å²) in [5.74, 6) is 0.690. The van der Waals surface area contributed by atoms with Gasteiger partial charge < -0.3 is 15.0 Å². The first-order chi connectivity index (χ1) is 10.1. The standard InChI is InChI=1S/C16H29N3OS/c1-5-20-14-6-8-19(9-7-14)16-18-13(4)15(21-16)11-17-10-12(2)3/h12,14,17H,5-11H2,1-4H3. The molecule has 4 nitrogen and oxygen atoms in total. The molecule has 0 radical (unpaired) electrons. The number of hydrogen-bond donors (Lipinski definition) is 1. The van der Waals surface area contributed by atoms with Gasteiger partial charge in [-0.25, -0.2) is 4.98 Å². The molecule has 0 bridgehead atoms. The molecule has 1 aliphatic rings. The largest absolute Gasteiger partial charge is 0.378 e. The highest BCUT2D eigenvalue weighted by molar-refractivity contribution is 7.15. The first-order valence-corrected chi connectivity index (χ1v) is 8.95. The van der Waals surface area contributed by atoms with E-state index in [1.165, 1.54) is 15.7 Å². The summed E-state index contributed by atoms with van der Waals surface area (Å²) in [7, 11) is 0. The van der Waals surface area contributed by atoms with E-state index in [1.54, 1.807) is 0 Å². The van der Waals surface area contributed by atoms with Crippen LogP contribution in [0.4, 0.5) is 5.13 Å². The number of thiazole rings is 1. The molecule has 21 heavy (non-hydrogen) atoms. The van der Waals surface area contributed by atoms with Crippen molar-refractivity contribution in [3.8, 4) is 0 Å². The number of hydrogen-bond acceptors (Lipinski definition) is 5. The Morgan fingerprint density at radius 3 is 2.71 bits per heavy atom. The highest BCUT2D eigenvalue weighted by Crippen LogP contribution is 2.28. The van der Waals surface area contributed by atoms with Crippen LogP contribution in [-0.2, 0) is 11.3 Å². The molecule has 0 aromatic carbocycles. The summed E-state index contributed by atoms with van der Waals surface area (Å²) in [6.07, 6.45) is 2.68. The van der Waals surface area contributed by atoms with Gasteiger partial charge in [-0.05, 0) is 39.2 Å². The van der Waals surface area contributed by atoms with Gasteiger partial charge in [-0.2, -0.15) is 0 Å². The third kappa shape index (κ3) is 4.94. The highest BCUT2D eigenvalue weighted by Gasteiger charge is 2.22. The quantitative estimate of drug-likeness (QED) is 0.839.